The molecule has 0 spiro atoms. The second-order valence-corrected chi connectivity index (χ2v) is 8.74. The van der Waals surface area contributed by atoms with Crippen molar-refractivity contribution in [3.63, 3.8) is 0 Å². The lowest BCUT2D eigenvalue weighted by atomic mass is 9.85. The van der Waals surface area contributed by atoms with Gasteiger partial charge in [0.2, 0.25) is 0 Å². The molecule has 1 aliphatic rings. The highest BCUT2D eigenvalue weighted by Crippen LogP contribution is 2.39. The van der Waals surface area contributed by atoms with E-state index in [4.69, 9.17) is 23.2 Å². The van der Waals surface area contributed by atoms with Crippen molar-refractivity contribution in [2.45, 2.75) is 51.0 Å². The topological polar surface area (TPSA) is 27.0 Å². The first kappa shape index (κ1) is 21.2. The van der Waals surface area contributed by atoms with E-state index in [1.54, 1.807) is 0 Å². The van der Waals surface area contributed by atoms with Crippen molar-refractivity contribution in [3.8, 4) is 6.07 Å². The Morgan fingerprint density at radius 3 is 2.54 bits per heavy atom. The van der Waals surface area contributed by atoms with Crippen LogP contribution in [0.1, 0.15) is 54.7 Å². The smallest absolute Gasteiger partial charge is 0.0741 e. The Kier molecular flexibility index (Phi) is 7.80. The highest BCUT2D eigenvalue weighted by Gasteiger charge is 2.27. The lowest BCUT2D eigenvalue weighted by molar-refractivity contribution is 0.322. The SMILES string of the molecule is CN(CCCc1cc(C(C#N)C2CCCC2)cc(Cl)c1Cl)Cc1ccccc1. The molecule has 0 heterocycles. The predicted molar refractivity (Wildman–Crippen MR) is 118 cm³/mol. The van der Waals surface area contributed by atoms with Crippen LogP contribution in [-0.4, -0.2) is 18.5 Å². The third-order valence-electron chi connectivity index (χ3n) is 5.78. The van der Waals surface area contributed by atoms with Gasteiger partial charge in [-0.25, -0.2) is 0 Å². The minimum atomic E-state index is -0.0724. The molecule has 28 heavy (non-hydrogen) atoms. The number of nitriles is 1. The number of aryl methyl sites for hydroxylation is 1. The van der Waals surface area contributed by atoms with E-state index in [1.807, 2.05) is 12.1 Å². The third-order valence-corrected chi connectivity index (χ3v) is 6.62. The molecule has 0 N–H and O–H groups in total. The van der Waals surface area contributed by atoms with Gasteiger partial charge in [0.15, 0.2) is 0 Å². The summed E-state index contributed by atoms with van der Waals surface area (Å²) in [4.78, 5) is 2.32. The molecule has 2 aromatic rings. The average Bonchev–Trinajstić information content (AvgIpc) is 3.21. The predicted octanol–water partition coefficient (Wildman–Crippen LogP) is 6.86. The normalized spacial score (nSPS) is 15.7. The van der Waals surface area contributed by atoms with Gasteiger partial charge in [0.05, 0.1) is 22.0 Å². The van der Waals surface area contributed by atoms with Gasteiger partial charge in [-0.05, 0) is 68.0 Å². The van der Waals surface area contributed by atoms with Crippen LogP contribution in [0.2, 0.25) is 10.0 Å². The van der Waals surface area contributed by atoms with Crippen LogP contribution in [0.3, 0.4) is 0 Å². The molecule has 0 amide bonds. The number of benzene rings is 2. The lowest BCUT2D eigenvalue weighted by Gasteiger charge is -2.20. The third kappa shape index (κ3) is 5.51. The summed E-state index contributed by atoms with van der Waals surface area (Å²) in [6.07, 6.45) is 6.60. The minimum absolute atomic E-state index is 0.0724. The summed E-state index contributed by atoms with van der Waals surface area (Å²) in [5, 5.41) is 11.0. The zero-order valence-electron chi connectivity index (χ0n) is 16.5. The Hall–Kier alpha value is -1.53. The number of rotatable bonds is 8. The molecule has 1 aliphatic carbocycles. The Morgan fingerprint density at radius 1 is 1.14 bits per heavy atom. The van der Waals surface area contributed by atoms with Crippen LogP contribution in [0, 0.1) is 17.2 Å². The van der Waals surface area contributed by atoms with Gasteiger partial charge < -0.3 is 4.90 Å². The summed E-state index contributed by atoms with van der Waals surface area (Å²) in [6.45, 7) is 1.92. The van der Waals surface area contributed by atoms with E-state index < -0.39 is 0 Å². The molecule has 0 aromatic heterocycles. The van der Waals surface area contributed by atoms with Gasteiger partial charge in [0, 0.05) is 6.54 Å². The quantitative estimate of drug-likeness (QED) is 0.471. The van der Waals surface area contributed by atoms with Crippen LogP contribution >= 0.6 is 23.2 Å². The molecule has 3 rings (SSSR count). The van der Waals surface area contributed by atoms with E-state index in [2.05, 4.69) is 48.3 Å². The maximum Gasteiger partial charge on any atom is 0.0741 e. The number of hydrogen-bond acceptors (Lipinski definition) is 2. The molecule has 148 valence electrons. The van der Waals surface area contributed by atoms with E-state index >= 15 is 0 Å². The van der Waals surface area contributed by atoms with Crippen molar-refractivity contribution in [1.29, 1.82) is 5.26 Å². The molecule has 1 fully saturated rings. The van der Waals surface area contributed by atoms with Crippen molar-refractivity contribution in [3.05, 3.63) is 69.2 Å². The van der Waals surface area contributed by atoms with Gasteiger partial charge in [-0.1, -0.05) is 72.4 Å². The molecular formula is C24H28Cl2N2. The fraction of sp³-hybridized carbons (Fsp3) is 0.458. The highest BCUT2D eigenvalue weighted by molar-refractivity contribution is 6.42. The number of hydrogen-bond donors (Lipinski definition) is 0. The zero-order valence-corrected chi connectivity index (χ0v) is 18.0. The number of nitrogens with zero attached hydrogens (tertiary/aromatic N) is 2. The summed E-state index contributed by atoms with van der Waals surface area (Å²) >= 11 is 12.9. The van der Waals surface area contributed by atoms with Crippen molar-refractivity contribution < 1.29 is 0 Å². The maximum absolute atomic E-state index is 9.75. The Bertz CT molecular complexity index is 807. The standard InChI is InChI=1S/C24H28Cl2N2/c1-28(17-18-8-3-2-4-9-18)13-7-12-20-14-21(15-23(25)24(20)26)22(16-27)19-10-5-6-11-19/h2-4,8-9,14-15,19,22H,5-7,10-13,17H2,1H3. The van der Waals surface area contributed by atoms with Gasteiger partial charge in [0.1, 0.15) is 0 Å². The largest absolute Gasteiger partial charge is 0.302 e. The van der Waals surface area contributed by atoms with Crippen LogP contribution in [0.5, 0.6) is 0 Å². The maximum atomic E-state index is 9.75. The number of halogens is 2. The van der Waals surface area contributed by atoms with Crippen LogP contribution in [-0.2, 0) is 13.0 Å². The van der Waals surface area contributed by atoms with Gasteiger partial charge >= 0.3 is 0 Å². The van der Waals surface area contributed by atoms with Crippen LogP contribution in [0.25, 0.3) is 0 Å². The Morgan fingerprint density at radius 2 is 1.86 bits per heavy atom. The molecular weight excluding hydrogens is 387 g/mol. The fourth-order valence-corrected chi connectivity index (χ4v) is 4.74. The van der Waals surface area contributed by atoms with Gasteiger partial charge in [-0.15, -0.1) is 0 Å². The van der Waals surface area contributed by atoms with Crippen molar-refractivity contribution in [1.82, 2.24) is 4.90 Å². The molecule has 4 heteroatoms. The zero-order chi connectivity index (χ0) is 19.9. The second-order valence-electron chi connectivity index (χ2n) is 7.95. The second kappa shape index (κ2) is 10.3. The van der Waals surface area contributed by atoms with Crippen molar-refractivity contribution in [2.75, 3.05) is 13.6 Å². The molecule has 0 aliphatic heterocycles. The summed E-state index contributed by atoms with van der Waals surface area (Å²) < 4.78 is 0. The molecule has 2 nitrogen and oxygen atoms in total. The molecule has 2 aromatic carbocycles. The van der Waals surface area contributed by atoms with E-state index in [-0.39, 0.29) is 5.92 Å². The molecule has 0 bridgehead atoms. The summed E-state index contributed by atoms with van der Waals surface area (Å²) in [6, 6.07) is 17.1. The van der Waals surface area contributed by atoms with Gasteiger partial charge in [-0.3, -0.25) is 0 Å². The van der Waals surface area contributed by atoms with E-state index in [9.17, 15) is 5.26 Å². The van der Waals surface area contributed by atoms with Crippen LogP contribution in [0.15, 0.2) is 42.5 Å². The van der Waals surface area contributed by atoms with Crippen molar-refractivity contribution >= 4 is 23.2 Å². The first-order valence-corrected chi connectivity index (χ1v) is 10.9. The molecule has 1 unspecified atom stereocenters. The average molecular weight is 415 g/mol. The minimum Gasteiger partial charge on any atom is -0.302 e. The first-order chi connectivity index (χ1) is 13.6. The highest BCUT2D eigenvalue weighted by atomic mass is 35.5. The summed E-state index contributed by atoms with van der Waals surface area (Å²) in [5.41, 5.74) is 3.42. The Balaban J connectivity index is 1.63. The summed E-state index contributed by atoms with van der Waals surface area (Å²) in [7, 11) is 2.14. The van der Waals surface area contributed by atoms with Gasteiger partial charge in [0.25, 0.3) is 0 Å². The van der Waals surface area contributed by atoms with Gasteiger partial charge in [-0.2, -0.15) is 5.26 Å². The monoisotopic (exact) mass is 414 g/mol. The van der Waals surface area contributed by atoms with E-state index in [0.717, 1.165) is 49.9 Å². The molecule has 1 atom stereocenters. The summed E-state index contributed by atoms with van der Waals surface area (Å²) in [5.74, 6) is 0.379. The Labute approximate surface area is 179 Å². The van der Waals surface area contributed by atoms with E-state index in [1.165, 1.54) is 18.4 Å². The molecule has 0 radical (unpaired) electrons. The lowest BCUT2D eigenvalue weighted by Crippen LogP contribution is -2.19. The van der Waals surface area contributed by atoms with Crippen LogP contribution in [0.4, 0.5) is 0 Å². The molecule has 1 saturated carbocycles. The van der Waals surface area contributed by atoms with Crippen molar-refractivity contribution in [2.24, 2.45) is 5.92 Å². The fourth-order valence-electron chi connectivity index (χ4n) is 4.29. The van der Waals surface area contributed by atoms with Crippen LogP contribution < -0.4 is 0 Å². The molecule has 0 saturated heterocycles. The van der Waals surface area contributed by atoms with E-state index in [0.29, 0.717) is 16.0 Å². The first-order valence-electron chi connectivity index (χ1n) is 10.2.